The topological polar surface area (TPSA) is 105 Å². The minimum Gasteiger partial charge on any atom is -0.497 e. The van der Waals surface area contributed by atoms with Crippen molar-refractivity contribution in [3.63, 3.8) is 0 Å². The number of carbonyl (C=O) groups is 1. The van der Waals surface area contributed by atoms with E-state index in [-0.39, 0.29) is 16.1 Å². The number of hydrogen-bond donors (Lipinski definition) is 1. The van der Waals surface area contributed by atoms with Gasteiger partial charge in [0, 0.05) is 37.1 Å². The van der Waals surface area contributed by atoms with E-state index in [0.717, 1.165) is 18.7 Å². The fourth-order valence-electron chi connectivity index (χ4n) is 4.32. The molecule has 1 unspecified atom stereocenters. The maximum absolute atomic E-state index is 13.2. The van der Waals surface area contributed by atoms with Crippen LogP contribution in [-0.2, 0) is 10.0 Å². The molecule has 1 amide bonds. The minimum atomic E-state index is -4.25. The number of aromatic nitrogens is 2. The zero-order valence-corrected chi connectivity index (χ0v) is 21.9. The summed E-state index contributed by atoms with van der Waals surface area (Å²) < 4.78 is 33.8. The third kappa shape index (κ3) is 4.86. The van der Waals surface area contributed by atoms with E-state index in [4.69, 9.17) is 4.74 Å². The van der Waals surface area contributed by atoms with Crippen LogP contribution in [0.1, 0.15) is 37.6 Å². The molecule has 0 bridgehead atoms. The fraction of sp³-hybridized carbons (Fsp3) is 0.346. The lowest BCUT2D eigenvalue weighted by atomic mass is 9.90. The summed E-state index contributed by atoms with van der Waals surface area (Å²) in [6.45, 7) is 7.10. The lowest BCUT2D eigenvalue weighted by Gasteiger charge is -2.36. The Labute approximate surface area is 212 Å². The van der Waals surface area contributed by atoms with Crippen molar-refractivity contribution in [1.29, 1.82) is 0 Å². The SMILES string of the molecule is COc1cccc(N(C)c2cccc(S(=O)(=O)NC(=O)c3cccnc3N3CCC(C)C3(C)C)n2)c1. The van der Waals surface area contributed by atoms with E-state index in [9.17, 15) is 13.2 Å². The largest absolute Gasteiger partial charge is 0.497 e. The molecule has 1 aliphatic heterocycles. The Balaban J connectivity index is 1.60. The first-order valence-electron chi connectivity index (χ1n) is 11.7. The molecule has 1 fully saturated rings. The molecular weight excluding hydrogens is 478 g/mol. The Hall–Kier alpha value is -3.66. The number of sulfonamides is 1. The van der Waals surface area contributed by atoms with Crippen molar-refractivity contribution >= 4 is 33.3 Å². The van der Waals surface area contributed by atoms with Crippen molar-refractivity contribution in [3.05, 3.63) is 66.4 Å². The number of rotatable bonds is 7. The van der Waals surface area contributed by atoms with Gasteiger partial charge in [0.2, 0.25) is 0 Å². The number of anilines is 3. The maximum atomic E-state index is 13.2. The van der Waals surface area contributed by atoms with Gasteiger partial charge in [-0.1, -0.05) is 19.1 Å². The van der Waals surface area contributed by atoms with Crippen molar-refractivity contribution < 1.29 is 17.9 Å². The Kier molecular flexibility index (Phi) is 6.90. The van der Waals surface area contributed by atoms with E-state index in [1.165, 1.54) is 6.07 Å². The Morgan fingerprint density at radius 3 is 2.61 bits per heavy atom. The average Bonchev–Trinajstić information content (AvgIpc) is 3.15. The third-order valence-electron chi connectivity index (χ3n) is 6.97. The normalized spacial score (nSPS) is 17.0. The molecule has 1 atom stereocenters. The summed E-state index contributed by atoms with van der Waals surface area (Å²) in [6, 6.07) is 15.2. The first-order chi connectivity index (χ1) is 17.0. The molecule has 4 rings (SSSR count). The van der Waals surface area contributed by atoms with Gasteiger partial charge in [-0.15, -0.1) is 0 Å². The van der Waals surface area contributed by atoms with Gasteiger partial charge in [-0.25, -0.2) is 14.7 Å². The highest BCUT2D eigenvalue weighted by Crippen LogP contribution is 2.38. The van der Waals surface area contributed by atoms with Crippen molar-refractivity contribution in [1.82, 2.24) is 14.7 Å². The van der Waals surface area contributed by atoms with E-state index in [2.05, 4.69) is 40.4 Å². The minimum absolute atomic E-state index is 0.202. The molecule has 1 aliphatic rings. The Morgan fingerprint density at radius 2 is 1.92 bits per heavy atom. The van der Waals surface area contributed by atoms with Crippen molar-refractivity contribution in [3.8, 4) is 5.75 Å². The number of nitrogens with one attached hydrogen (secondary N) is 1. The van der Waals surface area contributed by atoms with Gasteiger partial charge in [-0.3, -0.25) is 4.79 Å². The van der Waals surface area contributed by atoms with Crippen molar-refractivity contribution in [2.45, 2.75) is 37.8 Å². The Bertz CT molecular complexity index is 1380. The summed E-state index contributed by atoms with van der Waals surface area (Å²) in [5.41, 5.74) is 0.749. The highest BCUT2D eigenvalue weighted by molar-refractivity contribution is 7.90. The zero-order chi connectivity index (χ0) is 26.1. The highest BCUT2D eigenvalue weighted by atomic mass is 32.2. The van der Waals surface area contributed by atoms with E-state index in [1.54, 1.807) is 49.5 Å². The summed E-state index contributed by atoms with van der Waals surface area (Å²) in [4.78, 5) is 25.8. The molecule has 10 heteroatoms. The quantitative estimate of drug-likeness (QED) is 0.510. The number of benzene rings is 1. The van der Waals surface area contributed by atoms with E-state index >= 15 is 0 Å². The standard InChI is InChI=1S/C26H31N5O4S/c1-18-14-16-31(26(18,2)3)24-21(11-8-15-27-24)25(32)29-36(33,34)23-13-7-12-22(28-23)30(4)19-9-6-10-20(17-19)35-5/h6-13,15,17-18H,14,16H2,1-5H3,(H,29,32). The van der Waals surface area contributed by atoms with E-state index in [0.29, 0.717) is 23.3 Å². The van der Waals surface area contributed by atoms with Gasteiger partial charge in [-0.05, 0) is 62.6 Å². The predicted octanol–water partition coefficient (Wildman–Crippen LogP) is 4.00. The second-order valence-corrected chi connectivity index (χ2v) is 11.0. The van der Waals surface area contributed by atoms with Crippen LogP contribution < -0.4 is 19.3 Å². The molecular formula is C26H31N5O4S. The predicted molar refractivity (Wildman–Crippen MR) is 139 cm³/mol. The van der Waals surface area contributed by atoms with Gasteiger partial charge < -0.3 is 14.5 Å². The molecule has 3 aromatic rings. The average molecular weight is 510 g/mol. The number of hydrogen-bond acceptors (Lipinski definition) is 8. The van der Waals surface area contributed by atoms with Crippen LogP contribution in [0.4, 0.5) is 17.3 Å². The summed E-state index contributed by atoms with van der Waals surface area (Å²) in [7, 11) is -0.901. The van der Waals surface area contributed by atoms with Crippen LogP contribution in [-0.4, -0.2) is 50.5 Å². The van der Waals surface area contributed by atoms with Crippen LogP contribution in [0.3, 0.4) is 0 Å². The molecule has 1 aromatic carbocycles. The van der Waals surface area contributed by atoms with Gasteiger partial charge >= 0.3 is 0 Å². The molecule has 0 radical (unpaired) electrons. The van der Waals surface area contributed by atoms with Gasteiger partial charge in [-0.2, -0.15) is 8.42 Å². The van der Waals surface area contributed by atoms with Gasteiger partial charge in [0.1, 0.15) is 17.4 Å². The summed E-state index contributed by atoms with van der Waals surface area (Å²) >= 11 is 0. The number of pyridine rings is 2. The monoisotopic (exact) mass is 509 g/mol. The molecule has 1 saturated heterocycles. The molecule has 3 heterocycles. The maximum Gasteiger partial charge on any atom is 0.281 e. The number of methoxy groups -OCH3 is 1. The van der Waals surface area contributed by atoms with Gasteiger partial charge in [0.25, 0.3) is 15.9 Å². The molecule has 9 nitrogen and oxygen atoms in total. The lowest BCUT2D eigenvalue weighted by molar-refractivity contribution is 0.0981. The van der Waals surface area contributed by atoms with Crippen molar-refractivity contribution in [2.75, 3.05) is 30.5 Å². The van der Waals surface area contributed by atoms with Crippen LogP contribution in [0.15, 0.2) is 65.8 Å². The number of amides is 1. The van der Waals surface area contributed by atoms with Crippen LogP contribution >= 0.6 is 0 Å². The van der Waals surface area contributed by atoms with Gasteiger partial charge in [0.05, 0.1) is 12.7 Å². The number of nitrogens with zero attached hydrogens (tertiary/aromatic N) is 4. The fourth-order valence-corrected chi connectivity index (χ4v) is 5.25. The smallest absolute Gasteiger partial charge is 0.281 e. The lowest BCUT2D eigenvalue weighted by Crippen LogP contribution is -2.43. The second-order valence-electron chi connectivity index (χ2n) is 9.40. The molecule has 0 aliphatic carbocycles. The van der Waals surface area contributed by atoms with Crippen LogP contribution in [0, 0.1) is 5.92 Å². The molecule has 0 saturated carbocycles. The van der Waals surface area contributed by atoms with E-state index < -0.39 is 15.9 Å². The number of ether oxygens (including phenoxy) is 1. The first-order valence-corrected chi connectivity index (χ1v) is 13.2. The van der Waals surface area contributed by atoms with Crippen molar-refractivity contribution in [2.24, 2.45) is 5.92 Å². The first kappa shape index (κ1) is 25.4. The molecule has 0 spiro atoms. The molecule has 190 valence electrons. The van der Waals surface area contributed by atoms with Crippen LogP contribution in [0.25, 0.3) is 0 Å². The van der Waals surface area contributed by atoms with Crippen LogP contribution in [0.2, 0.25) is 0 Å². The summed E-state index contributed by atoms with van der Waals surface area (Å²) in [5.74, 6) is 1.18. The number of carbonyl (C=O) groups excluding carboxylic acids is 1. The second kappa shape index (κ2) is 9.77. The highest BCUT2D eigenvalue weighted by Gasteiger charge is 2.40. The van der Waals surface area contributed by atoms with Gasteiger partial charge in [0.15, 0.2) is 5.03 Å². The zero-order valence-electron chi connectivity index (χ0n) is 21.1. The Morgan fingerprint density at radius 1 is 1.17 bits per heavy atom. The van der Waals surface area contributed by atoms with Crippen LogP contribution in [0.5, 0.6) is 5.75 Å². The molecule has 1 N–H and O–H groups in total. The molecule has 2 aromatic heterocycles. The third-order valence-corrected chi connectivity index (χ3v) is 8.20. The van der Waals surface area contributed by atoms with E-state index in [1.807, 2.05) is 24.3 Å². The summed E-state index contributed by atoms with van der Waals surface area (Å²) in [6.07, 6.45) is 2.57. The molecule has 36 heavy (non-hydrogen) atoms. The summed E-state index contributed by atoms with van der Waals surface area (Å²) in [5, 5.41) is -0.260.